The monoisotopic (exact) mass is 145 g/mol. The van der Waals surface area contributed by atoms with Gasteiger partial charge in [-0.25, -0.2) is 0 Å². The van der Waals surface area contributed by atoms with E-state index in [0.717, 1.165) is 26.1 Å². The molecule has 60 valence electrons. The highest BCUT2D eigenvalue weighted by Gasteiger charge is 2.19. The van der Waals surface area contributed by atoms with Crippen LogP contribution in [0.15, 0.2) is 0 Å². The zero-order valence-corrected chi connectivity index (χ0v) is 6.12. The van der Waals surface area contributed by atoms with E-state index in [9.17, 15) is 0 Å². The molecule has 1 rings (SSSR count). The minimum absolute atomic E-state index is 0.132. The summed E-state index contributed by atoms with van der Waals surface area (Å²) in [6.07, 6.45) is 1.78. The van der Waals surface area contributed by atoms with E-state index in [4.69, 9.17) is 15.6 Å². The second kappa shape index (κ2) is 3.91. The Morgan fingerprint density at radius 1 is 1.40 bits per heavy atom. The zero-order chi connectivity index (χ0) is 7.40. The van der Waals surface area contributed by atoms with E-state index in [1.54, 1.807) is 0 Å². The molecular weight excluding hydrogens is 130 g/mol. The minimum atomic E-state index is 0.132. The third-order valence-corrected chi connectivity index (χ3v) is 2.07. The lowest BCUT2D eigenvalue weighted by molar-refractivity contribution is 0.135. The molecule has 0 aromatic heterocycles. The summed E-state index contributed by atoms with van der Waals surface area (Å²) < 4.78 is 5.21. The summed E-state index contributed by atoms with van der Waals surface area (Å²) in [5.74, 6) is 0.252. The van der Waals surface area contributed by atoms with E-state index >= 15 is 0 Å². The lowest BCUT2D eigenvalue weighted by Gasteiger charge is -2.16. The van der Waals surface area contributed by atoms with E-state index in [2.05, 4.69) is 0 Å². The van der Waals surface area contributed by atoms with E-state index < -0.39 is 0 Å². The van der Waals surface area contributed by atoms with Crippen molar-refractivity contribution in [2.24, 2.45) is 11.7 Å². The predicted octanol–water partition coefficient (Wildman–Crippen LogP) is -0.267. The fourth-order valence-corrected chi connectivity index (χ4v) is 1.23. The van der Waals surface area contributed by atoms with Crippen LogP contribution in [-0.4, -0.2) is 31.0 Å². The maximum atomic E-state index is 8.85. The second-order valence-corrected chi connectivity index (χ2v) is 2.80. The summed E-state index contributed by atoms with van der Waals surface area (Å²) in [6, 6.07) is 0.132. The molecule has 1 aliphatic rings. The van der Waals surface area contributed by atoms with Crippen molar-refractivity contribution < 1.29 is 9.84 Å². The van der Waals surface area contributed by atoms with Crippen molar-refractivity contribution in [1.29, 1.82) is 0 Å². The Morgan fingerprint density at radius 2 is 2.10 bits per heavy atom. The molecule has 0 amide bonds. The topological polar surface area (TPSA) is 55.5 Å². The van der Waals surface area contributed by atoms with Gasteiger partial charge in [0.2, 0.25) is 0 Å². The van der Waals surface area contributed by atoms with Crippen molar-refractivity contribution in [1.82, 2.24) is 0 Å². The van der Waals surface area contributed by atoms with Crippen molar-refractivity contribution in [3.8, 4) is 0 Å². The first-order chi connectivity index (χ1) is 4.84. The Balaban J connectivity index is 2.35. The van der Waals surface area contributed by atoms with Crippen LogP contribution in [0.2, 0.25) is 0 Å². The fourth-order valence-electron chi connectivity index (χ4n) is 1.23. The number of aliphatic hydroxyl groups is 1. The number of hydrogen-bond acceptors (Lipinski definition) is 3. The van der Waals surface area contributed by atoms with Crippen molar-refractivity contribution in [3.63, 3.8) is 0 Å². The first-order valence-electron chi connectivity index (χ1n) is 3.78. The standard InChI is InChI=1S/C7H15NO2/c8-7-2-4-10-3-1-6(7)5-9/h6-7,9H,1-5,8H2/t6-,7-/m1/s1. The minimum Gasteiger partial charge on any atom is -0.396 e. The fraction of sp³-hybridized carbons (Fsp3) is 1.00. The quantitative estimate of drug-likeness (QED) is 0.534. The smallest absolute Gasteiger partial charge is 0.0480 e. The van der Waals surface area contributed by atoms with Crippen LogP contribution < -0.4 is 5.73 Å². The molecule has 0 unspecified atom stereocenters. The first-order valence-corrected chi connectivity index (χ1v) is 3.78. The Morgan fingerprint density at radius 3 is 2.80 bits per heavy atom. The molecule has 2 atom stereocenters. The van der Waals surface area contributed by atoms with Crippen molar-refractivity contribution in [2.45, 2.75) is 18.9 Å². The maximum Gasteiger partial charge on any atom is 0.0480 e. The number of hydrogen-bond donors (Lipinski definition) is 2. The maximum absolute atomic E-state index is 8.85. The van der Waals surface area contributed by atoms with E-state index in [0.29, 0.717) is 0 Å². The van der Waals surface area contributed by atoms with Gasteiger partial charge < -0.3 is 15.6 Å². The van der Waals surface area contributed by atoms with E-state index in [-0.39, 0.29) is 18.6 Å². The van der Waals surface area contributed by atoms with Crippen LogP contribution in [0.1, 0.15) is 12.8 Å². The Labute approximate surface area is 61.2 Å². The number of nitrogens with two attached hydrogens (primary N) is 1. The van der Waals surface area contributed by atoms with E-state index in [1.807, 2.05) is 0 Å². The number of rotatable bonds is 1. The summed E-state index contributed by atoms with van der Waals surface area (Å²) in [5, 5.41) is 8.85. The van der Waals surface area contributed by atoms with Crippen LogP contribution in [0, 0.1) is 5.92 Å². The molecule has 0 radical (unpaired) electrons. The molecule has 0 spiro atoms. The highest BCUT2D eigenvalue weighted by molar-refractivity contribution is 4.74. The van der Waals surface area contributed by atoms with E-state index in [1.165, 1.54) is 0 Å². The molecule has 0 aromatic rings. The summed E-state index contributed by atoms with van der Waals surface area (Å²) in [4.78, 5) is 0. The molecule has 3 nitrogen and oxygen atoms in total. The molecule has 3 N–H and O–H groups in total. The Kier molecular flexibility index (Phi) is 3.12. The van der Waals surface area contributed by atoms with Gasteiger partial charge in [0.25, 0.3) is 0 Å². The third kappa shape index (κ3) is 1.94. The van der Waals surface area contributed by atoms with Crippen LogP contribution in [0.5, 0.6) is 0 Å². The largest absolute Gasteiger partial charge is 0.396 e. The third-order valence-electron chi connectivity index (χ3n) is 2.07. The van der Waals surface area contributed by atoms with Gasteiger partial charge in [-0.1, -0.05) is 0 Å². The van der Waals surface area contributed by atoms with Crippen LogP contribution in [0.3, 0.4) is 0 Å². The van der Waals surface area contributed by atoms with Gasteiger partial charge in [0.15, 0.2) is 0 Å². The highest BCUT2D eigenvalue weighted by Crippen LogP contribution is 2.13. The average molecular weight is 145 g/mol. The average Bonchev–Trinajstić information content (AvgIpc) is 2.13. The summed E-state index contributed by atoms with van der Waals surface area (Å²) in [5.41, 5.74) is 5.75. The van der Waals surface area contributed by atoms with Crippen LogP contribution in [-0.2, 0) is 4.74 Å². The normalized spacial score (nSPS) is 35.4. The lowest BCUT2D eigenvalue weighted by atomic mass is 9.97. The van der Waals surface area contributed by atoms with Gasteiger partial charge in [0.05, 0.1) is 0 Å². The van der Waals surface area contributed by atoms with Gasteiger partial charge >= 0.3 is 0 Å². The zero-order valence-electron chi connectivity index (χ0n) is 6.12. The van der Waals surface area contributed by atoms with Gasteiger partial charge in [-0.15, -0.1) is 0 Å². The summed E-state index contributed by atoms with van der Waals surface area (Å²) >= 11 is 0. The predicted molar refractivity (Wildman–Crippen MR) is 38.6 cm³/mol. The molecule has 0 aliphatic carbocycles. The molecule has 10 heavy (non-hydrogen) atoms. The molecule has 1 fully saturated rings. The van der Waals surface area contributed by atoms with Crippen LogP contribution >= 0.6 is 0 Å². The van der Waals surface area contributed by atoms with Gasteiger partial charge in [0, 0.05) is 25.9 Å². The molecular formula is C7H15NO2. The SMILES string of the molecule is N[C@@H]1CCOCC[C@@H]1CO. The summed E-state index contributed by atoms with van der Waals surface area (Å²) in [7, 11) is 0. The first kappa shape index (κ1) is 7.98. The van der Waals surface area contributed by atoms with Gasteiger partial charge in [0.1, 0.15) is 0 Å². The molecule has 1 heterocycles. The van der Waals surface area contributed by atoms with Gasteiger partial charge in [-0.3, -0.25) is 0 Å². The molecule has 0 bridgehead atoms. The second-order valence-electron chi connectivity index (χ2n) is 2.80. The van der Waals surface area contributed by atoms with Crippen molar-refractivity contribution in [2.75, 3.05) is 19.8 Å². The Bertz CT molecular complexity index is 97.6. The van der Waals surface area contributed by atoms with Crippen molar-refractivity contribution in [3.05, 3.63) is 0 Å². The molecule has 0 aromatic carbocycles. The lowest BCUT2D eigenvalue weighted by Crippen LogP contribution is -2.32. The Hall–Kier alpha value is -0.120. The van der Waals surface area contributed by atoms with Crippen molar-refractivity contribution >= 4 is 0 Å². The molecule has 1 aliphatic heterocycles. The number of ether oxygens (including phenoxy) is 1. The van der Waals surface area contributed by atoms with Gasteiger partial charge in [-0.2, -0.15) is 0 Å². The highest BCUT2D eigenvalue weighted by atomic mass is 16.5. The van der Waals surface area contributed by atoms with Gasteiger partial charge in [-0.05, 0) is 18.8 Å². The number of aliphatic hydroxyl groups excluding tert-OH is 1. The van der Waals surface area contributed by atoms with Crippen LogP contribution in [0.4, 0.5) is 0 Å². The molecule has 3 heteroatoms. The molecule has 0 saturated carbocycles. The van der Waals surface area contributed by atoms with Crippen LogP contribution in [0.25, 0.3) is 0 Å². The summed E-state index contributed by atoms with van der Waals surface area (Å²) in [6.45, 7) is 1.70. The molecule has 1 saturated heterocycles.